The zero-order valence-corrected chi connectivity index (χ0v) is 11.1. The van der Waals surface area contributed by atoms with Gasteiger partial charge in [-0.25, -0.2) is 0 Å². The summed E-state index contributed by atoms with van der Waals surface area (Å²) in [6, 6.07) is 8.40. The van der Waals surface area contributed by atoms with Crippen molar-refractivity contribution in [1.82, 2.24) is 20.1 Å². The molecule has 0 fully saturated rings. The molecule has 0 radical (unpaired) electrons. The van der Waals surface area contributed by atoms with Crippen LogP contribution < -0.4 is 5.32 Å². The molecule has 0 bridgehead atoms. The highest BCUT2D eigenvalue weighted by Gasteiger charge is 2.02. The topological polar surface area (TPSA) is 45.6 Å². The summed E-state index contributed by atoms with van der Waals surface area (Å²) in [6.45, 7) is 1.86. The number of H-pyrrole nitrogens is 1. The lowest BCUT2D eigenvalue weighted by Gasteiger charge is -2.02. The van der Waals surface area contributed by atoms with Crippen LogP contribution in [0.1, 0.15) is 11.1 Å². The lowest BCUT2D eigenvalue weighted by Crippen LogP contribution is -2.16. The van der Waals surface area contributed by atoms with Gasteiger partial charge in [-0.1, -0.05) is 18.2 Å². The minimum Gasteiger partial charge on any atom is -0.361 e. The predicted octanol–water partition coefficient (Wildman–Crippen LogP) is 2.23. The third kappa shape index (κ3) is 2.69. The fraction of sp³-hybridized carbons (Fsp3) is 0.267. The third-order valence-electron chi connectivity index (χ3n) is 3.34. The van der Waals surface area contributed by atoms with E-state index in [2.05, 4.69) is 52.1 Å². The van der Waals surface area contributed by atoms with E-state index in [0.717, 1.165) is 19.5 Å². The molecule has 0 saturated heterocycles. The number of fused-ring (bicyclic) bond motifs is 1. The summed E-state index contributed by atoms with van der Waals surface area (Å²) >= 11 is 0. The number of nitrogens with zero attached hydrogens (tertiary/aromatic N) is 2. The fourth-order valence-electron chi connectivity index (χ4n) is 2.33. The van der Waals surface area contributed by atoms with Crippen LogP contribution in [0.3, 0.4) is 0 Å². The van der Waals surface area contributed by atoms with Crippen LogP contribution in [0, 0.1) is 0 Å². The van der Waals surface area contributed by atoms with Crippen molar-refractivity contribution in [3.8, 4) is 0 Å². The van der Waals surface area contributed by atoms with Gasteiger partial charge in [0.2, 0.25) is 0 Å². The average Bonchev–Trinajstić information content (AvgIpc) is 3.02. The standard InChI is InChI=1S/C15H18N4/c1-19-11-12(8-18-19)6-7-16-9-13-10-17-15-5-3-2-4-14(13)15/h2-5,8,10-11,16-17H,6-7,9H2,1H3. The van der Waals surface area contributed by atoms with Crippen molar-refractivity contribution in [3.05, 3.63) is 54.0 Å². The van der Waals surface area contributed by atoms with Gasteiger partial charge in [-0.3, -0.25) is 4.68 Å². The Bertz CT molecular complexity index is 665. The Morgan fingerprint density at radius 1 is 1.32 bits per heavy atom. The van der Waals surface area contributed by atoms with Crippen molar-refractivity contribution in [2.75, 3.05) is 6.54 Å². The fourth-order valence-corrected chi connectivity index (χ4v) is 2.33. The molecule has 3 aromatic rings. The number of hydrogen-bond acceptors (Lipinski definition) is 2. The highest BCUT2D eigenvalue weighted by atomic mass is 15.2. The van der Waals surface area contributed by atoms with Crippen LogP contribution in [0.2, 0.25) is 0 Å². The van der Waals surface area contributed by atoms with Crippen LogP contribution in [0.25, 0.3) is 10.9 Å². The molecule has 2 aromatic heterocycles. The number of nitrogens with one attached hydrogen (secondary N) is 2. The van der Waals surface area contributed by atoms with Crippen LogP contribution >= 0.6 is 0 Å². The van der Waals surface area contributed by atoms with E-state index in [-0.39, 0.29) is 0 Å². The molecule has 98 valence electrons. The molecule has 0 aliphatic rings. The van der Waals surface area contributed by atoms with Crippen molar-refractivity contribution < 1.29 is 0 Å². The first-order valence-corrected chi connectivity index (χ1v) is 6.56. The summed E-state index contributed by atoms with van der Waals surface area (Å²) in [5.74, 6) is 0. The smallest absolute Gasteiger partial charge is 0.0522 e. The maximum Gasteiger partial charge on any atom is 0.0522 e. The van der Waals surface area contributed by atoms with E-state index < -0.39 is 0 Å². The zero-order chi connectivity index (χ0) is 13.1. The van der Waals surface area contributed by atoms with Gasteiger partial charge in [-0.15, -0.1) is 0 Å². The third-order valence-corrected chi connectivity index (χ3v) is 3.34. The molecule has 0 saturated carbocycles. The van der Waals surface area contributed by atoms with Gasteiger partial charge < -0.3 is 10.3 Å². The molecule has 0 unspecified atom stereocenters. The van der Waals surface area contributed by atoms with Gasteiger partial charge in [0, 0.05) is 36.9 Å². The molecule has 0 aliphatic carbocycles. The van der Waals surface area contributed by atoms with E-state index in [4.69, 9.17) is 0 Å². The van der Waals surface area contributed by atoms with E-state index in [1.54, 1.807) is 0 Å². The van der Waals surface area contributed by atoms with E-state index in [1.165, 1.54) is 22.0 Å². The molecule has 4 heteroatoms. The molecular formula is C15H18N4. The molecule has 0 atom stereocenters. The number of rotatable bonds is 5. The number of aromatic nitrogens is 3. The van der Waals surface area contributed by atoms with E-state index in [1.807, 2.05) is 17.9 Å². The van der Waals surface area contributed by atoms with E-state index in [9.17, 15) is 0 Å². The first-order valence-electron chi connectivity index (χ1n) is 6.56. The Balaban J connectivity index is 1.55. The summed E-state index contributed by atoms with van der Waals surface area (Å²) in [4.78, 5) is 3.30. The van der Waals surface area contributed by atoms with Gasteiger partial charge in [-0.05, 0) is 30.2 Å². The first kappa shape index (κ1) is 12.0. The number of benzene rings is 1. The largest absolute Gasteiger partial charge is 0.361 e. The predicted molar refractivity (Wildman–Crippen MR) is 76.9 cm³/mol. The minimum atomic E-state index is 0.893. The van der Waals surface area contributed by atoms with Gasteiger partial charge in [0.1, 0.15) is 0 Å². The molecule has 0 spiro atoms. The van der Waals surface area contributed by atoms with Crippen LogP contribution in [0.15, 0.2) is 42.9 Å². The maximum atomic E-state index is 4.17. The van der Waals surface area contributed by atoms with Crippen LogP contribution in [0.4, 0.5) is 0 Å². The highest BCUT2D eigenvalue weighted by Crippen LogP contribution is 2.17. The number of para-hydroxylation sites is 1. The van der Waals surface area contributed by atoms with Crippen molar-refractivity contribution >= 4 is 10.9 Å². The monoisotopic (exact) mass is 254 g/mol. The molecule has 0 amide bonds. The highest BCUT2D eigenvalue weighted by molar-refractivity contribution is 5.82. The van der Waals surface area contributed by atoms with Crippen LogP contribution in [-0.2, 0) is 20.0 Å². The Morgan fingerprint density at radius 2 is 2.21 bits per heavy atom. The number of hydrogen-bond donors (Lipinski definition) is 2. The zero-order valence-electron chi connectivity index (χ0n) is 11.1. The van der Waals surface area contributed by atoms with Gasteiger partial charge in [0.05, 0.1) is 6.20 Å². The molecule has 2 N–H and O–H groups in total. The lowest BCUT2D eigenvalue weighted by atomic mass is 10.2. The summed E-state index contributed by atoms with van der Waals surface area (Å²) in [5, 5.41) is 8.95. The SMILES string of the molecule is Cn1cc(CCNCc2c[nH]c3ccccc23)cn1. The maximum absolute atomic E-state index is 4.17. The number of aromatic amines is 1. The van der Waals surface area contributed by atoms with Crippen LogP contribution in [0.5, 0.6) is 0 Å². The van der Waals surface area contributed by atoms with Gasteiger partial charge in [-0.2, -0.15) is 5.10 Å². The van der Waals surface area contributed by atoms with Crippen molar-refractivity contribution in [2.45, 2.75) is 13.0 Å². The van der Waals surface area contributed by atoms with Crippen molar-refractivity contribution in [1.29, 1.82) is 0 Å². The Labute approximate surface area is 112 Å². The average molecular weight is 254 g/mol. The molecule has 1 aromatic carbocycles. The summed E-state index contributed by atoms with van der Waals surface area (Å²) < 4.78 is 1.84. The summed E-state index contributed by atoms with van der Waals surface area (Å²) in [7, 11) is 1.95. The normalized spacial score (nSPS) is 11.2. The molecule has 2 heterocycles. The quantitative estimate of drug-likeness (QED) is 0.686. The molecule has 19 heavy (non-hydrogen) atoms. The lowest BCUT2D eigenvalue weighted by molar-refractivity contribution is 0.689. The van der Waals surface area contributed by atoms with Gasteiger partial charge in [0.25, 0.3) is 0 Å². The van der Waals surface area contributed by atoms with Crippen molar-refractivity contribution in [3.63, 3.8) is 0 Å². The molecule has 0 aliphatic heterocycles. The first-order chi connectivity index (χ1) is 9.33. The van der Waals surface area contributed by atoms with E-state index >= 15 is 0 Å². The Kier molecular flexibility index (Phi) is 3.33. The Morgan fingerprint density at radius 3 is 3.05 bits per heavy atom. The minimum absolute atomic E-state index is 0.893. The summed E-state index contributed by atoms with van der Waals surface area (Å²) in [6.07, 6.45) is 7.08. The molecular weight excluding hydrogens is 236 g/mol. The van der Waals surface area contributed by atoms with Crippen LogP contribution in [-0.4, -0.2) is 21.3 Å². The second-order valence-electron chi connectivity index (χ2n) is 4.81. The Hall–Kier alpha value is -2.07. The van der Waals surface area contributed by atoms with Gasteiger partial charge in [0.15, 0.2) is 0 Å². The second-order valence-corrected chi connectivity index (χ2v) is 4.81. The second kappa shape index (κ2) is 5.28. The summed E-state index contributed by atoms with van der Waals surface area (Å²) in [5.41, 5.74) is 3.79. The van der Waals surface area contributed by atoms with E-state index in [0.29, 0.717) is 0 Å². The molecule has 4 nitrogen and oxygen atoms in total. The number of aryl methyl sites for hydroxylation is 1. The van der Waals surface area contributed by atoms with Gasteiger partial charge >= 0.3 is 0 Å². The molecule has 3 rings (SSSR count). The van der Waals surface area contributed by atoms with Crippen molar-refractivity contribution in [2.24, 2.45) is 7.05 Å².